The minimum absolute atomic E-state index is 0.310. The van der Waals surface area contributed by atoms with Gasteiger partial charge < -0.3 is 4.74 Å². The summed E-state index contributed by atoms with van der Waals surface area (Å²) in [5.41, 5.74) is 4.07. The highest BCUT2D eigenvalue weighted by atomic mass is 16.5. The van der Waals surface area contributed by atoms with Crippen LogP contribution in [-0.2, 0) is 9.53 Å². The van der Waals surface area contributed by atoms with Gasteiger partial charge in [0, 0.05) is 23.3 Å². The smallest absolute Gasteiger partial charge is 0.336 e. The number of hydrogen-bond donors (Lipinski definition) is 0. The molecule has 0 unspecified atom stereocenters. The van der Waals surface area contributed by atoms with Gasteiger partial charge in [0.1, 0.15) is 0 Å². The number of aliphatic imine (C=N–C) groups is 2. The molecule has 0 amide bonds. The zero-order valence-corrected chi connectivity index (χ0v) is 17.9. The predicted octanol–water partition coefficient (Wildman–Crippen LogP) is 6.22. The molecule has 156 valence electrons. The lowest BCUT2D eigenvalue weighted by molar-refractivity contribution is -0.138. The minimum atomic E-state index is -0.310. The SMILES string of the molecule is CCCCCCC1=NC(c2ccccc2)=NC(c2ccccc2)=C(C(=O)OCC)C1. The largest absolute Gasteiger partial charge is 0.463 e. The second kappa shape index (κ2) is 11.2. The number of esters is 1. The average molecular weight is 403 g/mol. The van der Waals surface area contributed by atoms with Gasteiger partial charge in [-0.15, -0.1) is 0 Å². The summed E-state index contributed by atoms with van der Waals surface area (Å²) in [5.74, 6) is 0.343. The van der Waals surface area contributed by atoms with Crippen LogP contribution in [0.1, 0.15) is 63.5 Å². The van der Waals surface area contributed by atoms with Crippen molar-refractivity contribution >= 4 is 23.2 Å². The van der Waals surface area contributed by atoms with E-state index >= 15 is 0 Å². The number of hydrogen-bond acceptors (Lipinski definition) is 4. The Balaban J connectivity index is 2.08. The molecule has 30 heavy (non-hydrogen) atoms. The van der Waals surface area contributed by atoms with E-state index in [2.05, 4.69) is 6.92 Å². The second-order valence-electron chi connectivity index (χ2n) is 7.38. The Labute approximate surface area is 179 Å². The van der Waals surface area contributed by atoms with Crippen LogP contribution in [0.25, 0.3) is 5.70 Å². The summed E-state index contributed by atoms with van der Waals surface area (Å²) < 4.78 is 5.40. The number of rotatable bonds is 9. The van der Waals surface area contributed by atoms with Crippen molar-refractivity contribution in [3.05, 3.63) is 77.4 Å². The number of carbonyl (C=O) groups excluding carboxylic acids is 1. The van der Waals surface area contributed by atoms with Crippen LogP contribution in [-0.4, -0.2) is 24.1 Å². The number of amidine groups is 1. The van der Waals surface area contributed by atoms with E-state index in [0.29, 0.717) is 30.1 Å². The van der Waals surface area contributed by atoms with E-state index in [1.165, 1.54) is 12.8 Å². The number of benzene rings is 2. The van der Waals surface area contributed by atoms with Crippen molar-refractivity contribution in [3.63, 3.8) is 0 Å². The Morgan fingerprint density at radius 2 is 1.53 bits per heavy atom. The molecule has 0 spiro atoms. The third-order valence-corrected chi connectivity index (χ3v) is 5.07. The Morgan fingerprint density at radius 1 is 0.867 bits per heavy atom. The molecule has 0 saturated heterocycles. The van der Waals surface area contributed by atoms with Crippen LogP contribution < -0.4 is 0 Å². The molecule has 0 radical (unpaired) electrons. The van der Waals surface area contributed by atoms with Gasteiger partial charge in [-0.05, 0) is 19.8 Å². The first-order valence-corrected chi connectivity index (χ1v) is 10.9. The zero-order chi connectivity index (χ0) is 21.2. The van der Waals surface area contributed by atoms with Gasteiger partial charge >= 0.3 is 5.97 Å². The van der Waals surface area contributed by atoms with Crippen LogP contribution in [0.4, 0.5) is 0 Å². The molecule has 3 rings (SSSR count). The number of ether oxygens (including phenoxy) is 1. The third-order valence-electron chi connectivity index (χ3n) is 5.07. The highest BCUT2D eigenvalue weighted by Gasteiger charge is 2.24. The lowest BCUT2D eigenvalue weighted by Crippen LogP contribution is -2.13. The second-order valence-corrected chi connectivity index (χ2v) is 7.38. The standard InChI is InChI=1S/C26H30N2O2/c1-3-5-6-13-18-22-19-23(26(29)30-4-2)24(20-14-9-7-10-15-20)28-25(27-22)21-16-11-8-12-17-21/h7-12,14-17H,3-6,13,18-19H2,1-2H3. The van der Waals surface area contributed by atoms with Crippen LogP contribution in [0.2, 0.25) is 0 Å². The highest BCUT2D eigenvalue weighted by molar-refractivity contribution is 6.14. The maximum atomic E-state index is 12.9. The molecular weight excluding hydrogens is 372 g/mol. The molecule has 0 saturated carbocycles. The zero-order valence-electron chi connectivity index (χ0n) is 17.9. The van der Waals surface area contributed by atoms with E-state index in [4.69, 9.17) is 14.7 Å². The van der Waals surface area contributed by atoms with Crippen molar-refractivity contribution in [3.8, 4) is 0 Å². The van der Waals surface area contributed by atoms with E-state index in [1.54, 1.807) is 0 Å². The molecule has 0 atom stereocenters. The Morgan fingerprint density at radius 3 is 2.17 bits per heavy atom. The molecule has 0 aliphatic carbocycles. The normalized spacial score (nSPS) is 14.1. The van der Waals surface area contributed by atoms with Gasteiger partial charge in [0.2, 0.25) is 0 Å². The lowest BCUT2D eigenvalue weighted by Gasteiger charge is -2.11. The van der Waals surface area contributed by atoms with Gasteiger partial charge in [0.15, 0.2) is 5.84 Å². The maximum absolute atomic E-state index is 12.9. The van der Waals surface area contributed by atoms with Gasteiger partial charge in [0.25, 0.3) is 0 Å². The molecule has 4 heteroatoms. The van der Waals surface area contributed by atoms with Crippen molar-refractivity contribution < 1.29 is 9.53 Å². The van der Waals surface area contributed by atoms with Gasteiger partial charge in [-0.25, -0.2) is 14.8 Å². The minimum Gasteiger partial charge on any atom is -0.463 e. The molecule has 0 fully saturated rings. The topological polar surface area (TPSA) is 51.0 Å². The first kappa shape index (κ1) is 21.7. The molecule has 1 aliphatic heterocycles. The van der Waals surface area contributed by atoms with Crippen LogP contribution in [0, 0.1) is 0 Å². The fourth-order valence-electron chi connectivity index (χ4n) is 3.51. The quantitative estimate of drug-likeness (QED) is 0.369. The molecule has 2 aromatic carbocycles. The van der Waals surface area contributed by atoms with Crippen LogP contribution in [0.5, 0.6) is 0 Å². The summed E-state index contributed by atoms with van der Waals surface area (Å²) in [5, 5.41) is 0. The van der Waals surface area contributed by atoms with Crippen LogP contribution >= 0.6 is 0 Å². The molecular formula is C26H30N2O2. The highest BCUT2D eigenvalue weighted by Crippen LogP contribution is 2.28. The van der Waals surface area contributed by atoms with Crippen LogP contribution in [0.3, 0.4) is 0 Å². The molecule has 0 bridgehead atoms. The summed E-state index contributed by atoms with van der Waals surface area (Å²) in [6, 6.07) is 19.8. The summed E-state index contributed by atoms with van der Waals surface area (Å²) in [6.45, 7) is 4.37. The van der Waals surface area contributed by atoms with E-state index in [-0.39, 0.29) is 5.97 Å². The van der Waals surface area contributed by atoms with Crippen molar-refractivity contribution in [1.82, 2.24) is 0 Å². The van der Waals surface area contributed by atoms with Gasteiger partial charge in [0.05, 0.1) is 17.9 Å². The van der Waals surface area contributed by atoms with Crippen molar-refractivity contribution in [1.29, 1.82) is 0 Å². The molecule has 2 aromatic rings. The van der Waals surface area contributed by atoms with Crippen LogP contribution in [0.15, 0.2) is 76.2 Å². The van der Waals surface area contributed by atoms with Gasteiger partial charge in [-0.3, -0.25) is 0 Å². The Kier molecular flexibility index (Phi) is 8.13. The van der Waals surface area contributed by atoms with Crippen molar-refractivity contribution in [2.75, 3.05) is 6.61 Å². The van der Waals surface area contributed by atoms with Crippen molar-refractivity contribution in [2.45, 2.75) is 52.4 Å². The van der Waals surface area contributed by atoms with Gasteiger partial charge in [-0.2, -0.15) is 0 Å². The van der Waals surface area contributed by atoms with E-state index in [9.17, 15) is 4.79 Å². The Bertz CT molecular complexity index is 928. The van der Waals surface area contributed by atoms with E-state index < -0.39 is 0 Å². The fraction of sp³-hybridized carbons (Fsp3) is 0.346. The fourth-order valence-corrected chi connectivity index (χ4v) is 3.51. The summed E-state index contributed by atoms with van der Waals surface area (Å²) in [7, 11) is 0. The number of nitrogens with zero attached hydrogens (tertiary/aromatic N) is 2. The molecule has 1 heterocycles. The average Bonchev–Trinajstić information content (AvgIpc) is 2.98. The first-order valence-electron chi connectivity index (χ1n) is 10.9. The van der Waals surface area contributed by atoms with Gasteiger partial charge in [-0.1, -0.05) is 86.8 Å². The molecule has 0 aromatic heterocycles. The molecule has 0 N–H and O–H groups in total. The van der Waals surface area contributed by atoms with E-state index in [0.717, 1.165) is 36.1 Å². The lowest BCUT2D eigenvalue weighted by atomic mass is 9.99. The predicted molar refractivity (Wildman–Crippen MR) is 124 cm³/mol. The van der Waals surface area contributed by atoms with E-state index in [1.807, 2.05) is 67.6 Å². The third kappa shape index (κ3) is 5.76. The molecule has 1 aliphatic rings. The number of unbranched alkanes of at least 4 members (excludes halogenated alkanes) is 3. The van der Waals surface area contributed by atoms with Crippen molar-refractivity contribution in [2.24, 2.45) is 9.98 Å². The molecule has 4 nitrogen and oxygen atoms in total. The number of carbonyl (C=O) groups is 1. The first-order chi connectivity index (χ1) is 14.7. The Hall–Kier alpha value is -3.01. The monoisotopic (exact) mass is 402 g/mol. The summed E-state index contributed by atoms with van der Waals surface area (Å²) >= 11 is 0. The maximum Gasteiger partial charge on any atom is 0.336 e. The summed E-state index contributed by atoms with van der Waals surface area (Å²) in [6.07, 6.45) is 5.95. The summed E-state index contributed by atoms with van der Waals surface area (Å²) in [4.78, 5) is 22.7.